The van der Waals surface area contributed by atoms with Gasteiger partial charge in [0.1, 0.15) is 0 Å². The molecule has 0 atom stereocenters. The predicted octanol–water partition coefficient (Wildman–Crippen LogP) is 1.33. The van der Waals surface area contributed by atoms with Gasteiger partial charge in [0.25, 0.3) is 0 Å². The van der Waals surface area contributed by atoms with Crippen LogP contribution in [0.25, 0.3) is 0 Å². The summed E-state index contributed by atoms with van der Waals surface area (Å²) in [5, 5.41) is 2.91. The van der Waals surface area contributed by atoms with Gasteiger partial charge in [0, 0.05) is 44.0 Å². The second kappa shape index (κ2) is 5.12. The molecule has 0 aromatic carbocycles. The summed E-state index contributed by atoms with van der Waals surface area (Å²) >= 11 is 0. The van der Waals surface area contributed by atoms with E-state index in [4.69, 9.17) is 0 Å². The number of aromatic nitrogens is 1. The zero-order valence-electron chi connectivity index (χ0n) is 9.82. The van der Waals surface area contributed by atoms with Gasteiger partial charge in [-0.05, 0) is 18.9 Å². The molecule has 4 nitrogen and oxygen atoms in total. The van der Waals surface area contributed by atoms with Gasteiger partial charge in [-0.3, -0.25) is 4.79 Å². The molecule has 17 heavy (non-hydrogen) atoms. The Bertz CT molecular complexity index is 402. The van der Waals surface area contributed by atoms with Gasteiger partial charge in [0.05, 0.1) is 0 Å². The van der Waals surface area contributed by atoms with E-state index in [0.29, 0.717) is 0 Å². The zero-order chi connectivity index (χ0) is 12.3. The lowest BCUT2D eigenvalue weighted by Crippen LogP contribution is -2.44. The number of nitrogens with zero attached hydrogens (tertiary/aromatic N) is 2. The Labute approximate surface area is 99.8 Å². The third-order valence-corrected chi connectivity index (χ3v) is 2.98. The molecule has 0 bridgehead atoms. The second-order valence-electron chi connectivity index (χ2n) is 4.30. The number of rotatable bonds is 2. The van der Waals surface area contributed by atoms with Crippen LogP contribution in [0, 0.1) is 5.95 Å². The van der Waals surface area contributed by atoms with Gasteiger partial charge in [0.2, 0.25) is 11.9 Å². The van der Waals surface area contributed by atoms with Crippen molar-refractivity contribution in [2.75, 3.05) is 18.0 Å². The Kier molecular flexibility index (Phi) is 3.56. The lowest BCUT2D eigenvalue weighted by Gasteiger charge is -2.33. The Morgan fingerprint density at radius 1 is 1.53 bits per heavy atom. The number of pyridine rings is 1. The van der Waals surface area contributed by atoms with E-state index in [1.807, 2.05) is 6.07 Å². The number of hydrogen-bond acceptors (Lipinski definition) is 3. The lowest BCUT2D eigenvalue weighted by molar-refractivity contribution is -0.119. The van der Waals surface area contributed by atoms with Gasteiger partial charge in [-0.25, -0.2) is 4.98 Å². The number of carbonyl (C=O) groups is 1. The average Bonchev–Trinajstić information content (AvgIpc) is 2.29. The molecule has 1 N–H and O–H groups in total. The first-order chi connectivity index (χ1) is 8.15. The first kappa shape index (κ1) is 11.8. The first-order valence-corrected chi connectivity index (χ1v) is 5.79. The van der Waals surface area contributed by atoms with E-state index in [2.05, 4.69) is 15.2 Å². The highest BCUT2D eigenvalue weighted by molar-refractivity contribution is 5.73. The fourth-order valence-corrected chi connectivity index (χ4v) is 2.16. The van der Waals surface area contributed by atoms with Crippen molar-refractivity contribution in [1.29, 1.82) is 0 Å². The largest absolute Gasteiger partial charge is 0.371 e. The third-order valence-electron chi connectivity index (χ3n) is 2.98. The number of piperidine rings is 1. The molecule has 1 aliphatic rings. The highest BCUT2D eigenvalue weighted by Crippen LogP contribution is 2.19. The maximum atomic E-state index is 13.0. The minimum Gasteiger partial charge on any atom is -0.371 e. The molecule has 0 saturated carbocycles. The van der Waals surface area contributed by atoms with Crippen LogP contribution in [0.3, 0.4) is 0 Å². The summed E-state index contributed by atoms with van der Waals surface area (Å²) in [5.74, 6) is -0.440. The van der Waals surface area contributed by atoms with Gasteiger partial charge in [0.15, 0.2) is 0 Å². The standard InChI is InChI=1S/C12H16FN3O/c1-9(17)15-10-3-6-16(7-4-10)11-2-5-14-12(13)8-11/h2,5,8,10H,3-4,6-7H2,1H3,(H,15,17). The van der Waals surface area contributed by atoms with Crippen molar-refractivity contribution in [2.45, 2.75) is 25.8 Å². The third kappa shape index (κ3) is 3.15. The molecule has 2 rings (SSSR count). The summed E-state index contributed by atoms with van der Waals surface area (Å²) in [6.45, 7) is 3.19. The molecule has 0 aliphatic carbocycles. The van der Waals surface area contributed by atoms with Crippen molar-refractivity contribution in [2.24, 2.45) is 0 Å². The summed E-state index contributed by atoms with van der Waals surface area (Å²) < 4.78 is 13.0. The number of halogens is 1. The Morgan fingerprint density at radius 3 is 2.82 bits per heavy atom. The van der Waals surface area contributed by atoms with E-state index < -0.39 is 5.95 Å². The van der Waals surface area contributed by atoms with Crippen LogP contribution >= 0.6 is 0 Å². The summed E-state index contributed by atoms with van der Waals surface area (Å²) in [5.41, 5.74) is 0.860. The van der Waals surface area contributed by atoms with Gasteiger partial charge in [-0.2, -0.15) is 4.39 Å². The van der Waals surface area contributed by atoms with Crippen molar-refractivity contribution in [1.82, 2.24) is 10.3 Å². The molecule has 1 aromatic rings. The Morgan fingerprint density at radius 2 is 2.24 bits per heavy atom. The predicted molar refractivity (Wildman–Crippen MR) is 63.2 cm³/mol. The molecule has 1 aliphatic heterocycles. The molecule has 0 spiro atoms. The number of nitrogens with one attached hydrogen (secondary N) is 1. The minimum absolute atomic E-state index is 0.0124. The van der Waals surface area contributed by atoms with Gasteiger partial charge in [-0.15, -0.1) is 0 Å². The van der Waals surface area contributed by atoms with Crippen molar-refractivity contribution in [3.8, 4) is 0 Å². The van der Waals surface area contributed by atoms with Crippen LogP contribution in [0.15, 0.2) is 18.3 Å². The van der Waals surface area contributed by atoms with Gasteiger partial charge in [-0.1, -0.05) is 0 Å². The molecule has 5 heteroatoms. The van der Waals surface area contributed by atoms with Crippen molar-refractivity contribution in [3.05, 3.63) is 24.3 Å². The Balaban J connectivity index is 1.93. The molecule has 0 unspecified atom stereocenters. The van der Waals surface area contributed by atoms with Crippen LogP contribution in [0.4, 0.5) is 10.1 Å². The van der Waals surface area contributed by atoms with E-state index in [0.717, 1.165) is 31.6 Å². The van der Waals surface area contributed by atoms with Crippen LogP contribution in [0.1, 0.15) is 19.8 Å². The molecule has 1 amide bonds. The number of hydrogen-bond donors (Lipinski definition) is 1. The summed E-state index contributed by atoms with van der Waals surface area (Å²) in [4.78, 5) is 16.6. The summed E-state index contributed by atoms with van der Waals surface area (Å²) in [6, 6.07) is 3.50. The Hall–Kier alpha value is -1.65. The van der Waals surface area contributed by atoms with Crippen LogP contribution in [0.5, 0.6) is 0 Å². The monoisotopic (exact) mass is 237 g/mol. The normalized spacial score (nSPS) is 16.9. The second-order valence-corrected chi connectivity index (χ2v) is 4.30. The van der Waals surface area contributed by atoms with Crippen molar-refractivity contribution in [3.63, 3.8) is 0 Å². The van der Waals surface area contributed by atoms with E-state index >= 15 is 0 Å². The molecular weight excluding hydrogens is 221 g/mol. The quantitative estimate of drug-likeness (QED) is 0.789. The van der Waals surface area contributed by atoms with Crippen molar-refractivity contribution >= 4 is 11.6 Å². The highest BCUT2D eigenvalue weighted by atomic mass is 19.1. The fraction of sp³-hybridized carbons (Fsp3) is 0.500. The average molecular weight is 237 g/mol. The maximum Gasteiger partial charge on any atom is 0.217 e. The van der Waals surface area contributed by atoms with E-state index in [9.17, 15) is 9.18 Å². The van der Waals surface area contributed by atoms with Gasteiger partial charge >= 0.3 is 0 Å². The van der Waals surface area contributed by atoms with Crippen LogP contribution < -0.4 is 10.2 Å². The van der Waals surface area contributed by atoms with E-state index in [-0.39, 0.29) is 11.9 Å². The fourth-order valence-electron chi connectivity index (χ4n) is 2.16. The number of anilines is 1. The molecule has 0 radical (unpaired) electrons. The van der Waals surface area contributed by atoms with E-state index in [1.54, 1.807) is 0 Å². The summed E-state index contributed by atoms with van der Waals surface area (Å²) in [6.07, 6.45) is 3.26. The molecular formula is C12H16FN3O. The van der Waals surface area contributed by atoms with Crippen LogP contribution in [-0.4, -0.2) is 30.0 Å². The molecule has 1 aromatic heterocycles. The first-order valence-electron chi connectivity index (χ1n) is 5.79. The lowest BCUT2D eigenvalue weighted by atomic mass is 10.0. The number of amides is 1. The highest BCUT2D eigenvalue weighted by Gasteiger charge is 2.20. The van der Waals surface area contributed by atoms with Crippen LogP contribution in [0.2, 0.25) is 0 Å². The van der Waals surface area contributed by atoms with Crippen molar-refractivity contribution < 1.29 is 9.18 Å². The molecule has 92 valence electrons. The molecule has 1 fully saturated rings. The summed E-state index contributed by atoms with van der Waals surface area (Å²) in [7, 11) is 0. The SMILES string of the molecule is CC(=O)NC1CCN(c2ccnc(F)c2)CC1. The minimum atomic E-state index is -0.452. The molecule has 1 saturated heterocycles. The molecule has 2 heterocycles. The number of carbonyl (C=O) groups excluding carboxylic acids is 1. The zero-order valence-corrected chi connectivity index (χ0v) is 9.82. The maximum absolute atomic E-state index is 13.0. The van der Waals surface area contributed by atoms with E-state index in [1.165, 1.54) is 19.2 Å². The smallest absolute Gasteiger partial charge is 0.217 e. The van der Waals surface area contributed by atoms with Gasteiger partial charge < -0.3 is 10.2 Å². The van der Waals surface area contributed by atoms with Crippen LogP contribution in [-0.2, 0) is 4.79 Å². The topological polar surface area (TPSA) is 45.2 Å².